The van der Waals surface area contributed by atoms with Crippen molar-refractivity contribution in [1.29, 1.82) is 0 Å². The van der Waals surface area contributed by atoms with Crippen molar-refractivity contribution in [3.8, 4) is 11.5 Å². The average Bonchev–Trinajstić information content (AvgIpc) is 2.60. The van der Waals surface area contributed by atoms with E-state index in [1.54, 1.807) is 6.07 Å². The zero-order valence-electron chi connectivity index (χ0n) is 13.0. The third-order valence-electron chi connectivity index (χ3n) is 3.21. The molecule has 0 atom stereocenters. The Morgan fingerprint density at radius 2 is 1.58 bits per heavy atom. The van der Waals surface area contributed by atoms with E-state index >= 15 is 0 Å². The zero-order chi connectivity index (χ0) is 17.7. The van der Waals surface area contributed by atoms with E-state index in [-0.39, 0.29) is 22.6 Å². The quantitative estimate of drug-likeness (QED) is 0.599. The van der Waals surface area contributed by atoms with E-state index in [0.29, 0.717) is 0 Å². The standard InChI is InChI=1S/C17H14F2O5/c1-22-14-4-3-5-15(23-2)16(14)17(21)24-9-13(20)10-6-7-11(18)12(19)8-10/h3-8H,9H2,1-2H3. The minimum atomic E-state index is -1.15. The first-order valence-corrected chi connectivity index (χ1v) is 6.84. The molecule has 0 aliphatic rings. The number of halogens is 2. The predicted octanol–water partition coefficient (Wildman–Crippen LogP) is 3.02. The molecule has 0 fully saturated rings. The third kappa shape index (κ3) is 3.68. The van der Waals surface area contributed by atoms with Gasteiger partial charge in [-0.05, 0) is 30.3 Å². The van der Waals surface area contributed by atoms with Crippen LogP contribution < -0.4 is 9.47 Å². The molecule has 0 spiro atoms. The lowest BCUT2D eigenvalue weighted by Gasteiger charge is -2.12. The topological polar surface area (TPSA) is 61.8 Å². The number of ether oxygens (including phenoxy) is 3. The number of carbonyl (C=O) groups excluding carboxylic acids is 2. The fraction of sp³-hybridized carbons (Fsp3) is 0.176. The molecular weight excluding hydrogens is 322 g/mol. The third-order valence-corrected chi connectivity index (χ3v) is 3.21. The van der Waals surface area contributed by atoms with Crippen LogP contribution in [-0.4, -0.2) is 32.6 Å². The van der Waals surface area contributed by atoms with Gasteiger partial charge in [0, 0.05) is 5.56 Å². The predicted molar refractivity (Wildman–Crippen MR) is 80.5 cm³/mol. The maximum atomic E-state index is 13.1. The van der Waals surface area contributed by atoms with Crippen LogP contribution in [0.3, 0.4) is 0 Å². The number of rotatable bonds is 6. The molecule has 24 heavy (non-hydrogen) atoms. The summed E-state index contributed by atoms with van der Waals surface area (Å²) in [6.45, 7) is -0.634. The van der Waals surface area contributed by atoms with Crippen molar-refractivity contribution < 1.29 is 32.6 Å². The van der Waals surface area contributed by atoms with Gasteiger partial charge in [-0.15, -0.1) is 0 Å². The molecule has 126 valence electrons. The number of hydrogen-bond donors (Lipinski definition) is 0. The minimum Gasteiger partial charge on any atom is -0.496 e. The van der Waals surface area contributed by atoms with Gasteiger partial charge in [0.15, 0.2) is 24.0 Å². The SMILES string of the molecule is COc1cccc(OC)c1C(=O)OCC(=O)c1ccc(F)c(F)c1. The van der Waals surface area contributed by atoms with Crippen LogP contribution in [0.1, 0.15) is 20.7 Å². The summed E-state index contributed by atoms with van der Waals surface area (Å²) in [6, 6.07) is 7.38. The Hall–Kier alpha value is -2.96. The molecule has 2 aromatic carbocycles. The van der Waals surface area contributed by atoms with Crippen LogP contribution in [0.25, 0.3) is 0 Å². The smallest absolute Gasteiger partial charge is 0.346 e. The van der Waals surface area contributed by atoms with E-state index in [1.807, 2.05) is 0 Å². The van der Waals surface area contributed by atoms with Gasteiger partial charge >= 0.3 is 5.97 Å². The highest BCUT2D eigenvalue weighted by atomic mass is 19.2. The molecular formula is C17H14F2O5. The first-order chi connectivity index (χ1) is 11.5. The summed E-state index contributed by atoms with van der Waals surface area (Å²) in [4.78, 5) is 24.1. The normalized spacial score (nSPS) is 10.2. The second-order valence-corrected chi connectivity index (χ2v) is 4.67. The molecule has 0 amide bonds. The highest BCUT2D eigenvalue weighted by Crippen LogP contribution is 2.28. The van der Waals surface area contributed by atoms with Gasteiger partial charge in [0.05, 0.1) is 14.2 Å². The van der Waals surface area contributed by atoms with Crippen molar-refractivity contribution in [2.24, 2.45) is 0 Å². The van der Waals surface area contributed by atoms with E-state index in [0.717, 1.165) is 18.2 Å². The molecule has 0 aliphatic heterocycles. The van der Waals surface area contributed by atoms with Gasteiger partial charge in [0.2, 0.25) is 0 Å². The molecule has 0 aromatic heterocycles. The van der Waals surface area contributed by atoms with Crippen LogP contribution in [0.2, 0.25) is 0 Å². The van der Waals surface area contributed by atoms with Crippen LogP contribution in [-0.2, 0) is 4.74 Å². The van der Waals surface area contributed by atoms with Crippen molar-refractivity contribution in [2.45, 2.75) is 0 Å². The fourth-order valence-electron chi connectivity index (χ4n) is 2.01. The largest absolute Gasteiger partial charge is 0.496 e. The van der Waals surface area contributed by atoms with E-state index in [9.17, 15) is 18.4 Å². The number of methoxy groups -OCH3 is 2. The van der Waals surface area contributed by atoms with Gasteiger partial charge in [-0.25, -0.2) is 13.6 Å². The van der Waals surface area contributed by atoms with E-state index < -0.39 is 30.0 Å². The van der Waals surface area contributed by atoms with E-state index in [4.69, 9.17) is 14.2 Å². The molecule has 0 aliphatic carbocycles. The van der Waals surface area contributed by atoms with Gasteiger partial charge in [-0.1, -0.05) is 6.07 Å². The lowest BCUT2D eigenvalue weighted by molar-refractivity contribution is 0.0468. The molecule has 5 nitrogen and oxygen atoms in total. The number of carbonyl (C=O) groups is 2. The Kier molecular flexibility index (Phi) is 5.47. The Labute approximate surface area is 136 Å². The number of ketones is 1. The maximum Gasteiger partial charge on any atom is 0.346 e. The van der Waals surface area contributed by atoms with Crippen molar-refractivity contribution >= 4 is 11.8 Å². The molecule has 0 bridgehead atoms. The summed E-state index contributed by atoms with van der Waals surface area (Å²) in [6.07, 6.45) is 0. The number of Topliss-reactive ketones (excluding diaryl/α,β-unsaturated/α-hetero) is 1. The Bertz CT molecular complexity index is 751. The summed E-state index contributed by atoms with van der Waals surface area (Å²) in [5, 5.41) is 0. The van der Waals surface area contributed by atoms with Gasteiger partial charge < -0.3 is 14.2 Å². The number of esters is 1. The van der Waals surface area contributed by atoms with Gasteiger partial charge in [0.25, 0.3) is 0 Å². The Balaban J connectivity index is 2.13. The fourth-order valence-corrected chi connectivity index (χ4v) is 2.01. The summed E-state index contributed by atoms with van der Waals surface area (Å²) in [5.41, 5.74) is -0.0747. The first kappa shape index (κ1) is 17.4. The van der Waals surface area contributed by atoms with Crippen LogP contribution >= 0.6 is 0 Å². The van der Waals surface area contributed by atoms with Crippen molar-refractivity contribution in [3.05, 3.63) is 59.2 Å². The molecule has 0 heterocycles. The number of hydrogen-bond acceptors (Lipinski definition) is 5. The molecule has 7 heteroatoms. The molecule has 0 N–H and O–H groups in total. The maximum absolute atomic E-state index is 13.1. The van der Waals surface area contributed by atoms with E-state index in [2.05, 4.69) is 0 Å². The van der Waals surface area contributed by atoms with Gasteiger partial charge in [0.1, 0.15) is 17.1 Å². The van der Waals surface area contributed by atoms with Crippen LogP contribution in [0.5, 0.6) is 11.5 Å². The average molecular weight is 336 g/mol. The molecule has 2 aromatic rings. The summed E-state index contributed by atoms with van der Waals surface area (Å²) < 4.78 is 41.1. The number of benzene rings is 2. The van der Waals surface area contributed by atoms with Gasteiger partial charge in [-0.3, -0.25) is 4.79 Å². The molecule has 0 unspecified atom stereocenters. The lowest BCUT2D eigenvalue weighted by atomic mass is 10.1. The first-order valence-electron chi connectivity index (χ1n) is 6.84. The summed E-state index contributed by atoms with van der Waals surface area (Å²) >= 11 is 0. The lowest BCUT2D eigenvalue weighted by Crippen LogP contribution is -2.16. The monoisotopic (exact) mass is 336 g/mol. The van der Waals surface area contributed by atoms with Crippen LogP contribution in [0.4, 0.5) is 8.78 Å². The Morgan fingerprint density at radius 1 is 0.958 bits per heavy atom. The van der Waals surface area contributed by atoms with E-state index in [1.165, 1.54) is 26.4 Å². The molecule has 0 saturated carbocycles. The highest BCUT2D eigenvalue weighted by Gasteiger charge is 2.21. The zero-order valence-corrected chi connectivity index (χ0v) is 13.0. The van der Waals surface area contributed by atoms with Crippen LogP contribution in [0, 0.1) is 11.6 Å². The second kappa shape index (κ2) is 7.54. The molecule has 0 saturated heterocycles. The van der Waals surface area contributed by atoms with Crippen molar-refractivity contribution in [2.75, 3.05) is 20.8 Å². The molecule has 2 rings (SSSR count). The summed E-state index contributed by atoms with van der Waals surface area (Å²) in [5.74, 6) is -3.28. The summed E-state index contributed by atoms with van der Waals surface area (Å²) in [7, 11) is 2.75. The van der Waals surface area contributed by atoms with Crippen molar-refractivity contribution in [1.82, 2.24) is 0 Å². The Morgan fingerprint density at radius 3 is 2.12 bits per heavy atom. The van der Waals surface area contributed by atoms with Gasteiger partial charge in [-0.2, -0.15) is 0 Å². The van der Waals surface area contributed by atoms with Crippen molar-refractivity contribution in [3.63, 3.8) is 0 Å². The highest BCUT2D eigenvalue weighted by molar-refractivity contribution is 6.00. The second-order valence-electron chi connectivity index (χ2n) is 4.67. The molecule has 0 radical (unpaired) electrons. The van der Waals surface area contributed by atoms with Crippen LogP contribution in [0.15, 0.2) is 36.4 Å². The minimum absolute atomic E-state index is 0.0283.